The summed E-state index contributed by atoms with van der Waals surface area (Å²) in [5.74, 6) is 0. The first-order chi connectivity index (χ1) is 9.29. The molecule has 1 atom stereocenters. The van der Waals surface area contributed by atoms with Gasteiger partial charge in [-0.25, -0.2) is 4.68 Å². The molecule has 19 heavy (non-hydrogen) atoms. The first-order valence-corrected chi connectivity index (χ1v) is 6.40. The van der Waals surface area contributed by atoms with Gasteiger partial charge in [-0.3, -0.25) is 0 Å². The molecule has 1 aliphatic heterocycles. The van der Waals surface area contributed by atoms with Crippen LogP contribution in [0, 0.1) is 0 Å². The van der Waals surface area contributed by atoms with Crippen LogP contribution in [0.5, 0.6) is 0 Å². The van der Waals surface area contributed by atoms with Crippen molar-refractivity contribution in [2.75, 3.05) is 0 Å². The Kier molecular flexibility index (Phi) is 2.05. The fourth-order valence-electron chi connectivity index (χ4n) is 2.94. The van der Waals surface area contributed by atoms with E-state index < -0.39 is 5.60 Å². The van der Waals surface area contributed by atoms with Crippen molar-refractivity contribution in [2.24, 2.45) is 0 Å². The van der Waals surface area contributed by atoms with Gasteiger partial charge in [0, 0.05) is 18.5 Å². The van der Waals surface area contributed by atoms with Crippen LogP contribution in [0.15, 0.2) is 48.5 Å². The summed E-state index contributed by atoms with van der Waals surface area (Å²) in [5, 5.41) is 19.4. The molecule has 2 aromatic carbocycles. The minimum Gasteiger partial charge on any atom is -0.380 e. The molecule has 3 aromatic rings. The lowest BCUT2D eigenvalue weighted by Gasteiger charge is -2.33. The third kappa shape index (κ3) is 1.37. The number of rotatable bonds is 1. The Labute approximate surface area is 110 Å². The van der Waals surface area contributed by atoms with E-state index in [0.29, 0.717) is 13.0 Å². The summed E-state index contributed by atoms with van der Waals surface area (Å²) in [6, 6.07) is 15.6. The normalized spacial score (nSPS) is 21.7. The Hall–Kier alpha value is -2.20. The van der Waals surface area contributed by atoms with Crippen molar-refractivity contribution in [2.45, 2.75) is 18.6 Å². The summed E-state index contributed by atoms with van der Waals surface area (Å²) in [5.41, 5.74) is 2.66. The lowest BCUT2D eigenvalue weighted by Crippen LogP contribution is -2.33. The predicted octanol–water partition coefficient (Wildman–Crippen LogP) is 2.07. The molecule has 0 bridgehead atoms. The molecule has 0 saturated carbocycles. The highest BCUT2D eigenvalue weighted by molar-refractivity contribution is 5.80. The second-order valence-corrected chi connectivity index (χ2v) is 4.96. The Morgan fingerprint density at radius 1 is 1.05 bits per heavy atom. The molecule has 4 nitrogen and oxygen atoms in total. The quantitative estimate of drug-likeness (QED) is 0.720. The molecule has 0 aliphatic carbocycles. The van der Waals surface area contributed by atoms with Crippen LogP contribution in [0.1, 0.15) is 17.5 Å². The zero-order chi connectivity index (χ0) is 12.9. The minimum absolute atomic E-state index is 0.618. The summed E-state index contributed by atoms with van der Waals surface area (Å²) in [6.07, 6.45) is 0.618. The Bertz CT molecular complexity index is 750. The molecule has 0 spiro atoms. The molecule has 1 N–H and O–H groups in total. The monoisotopic (exact) mass is 251 g/mol. The van der Waals surface area contributed by atoms with E-state index >= 15 is 0 Å². The van der Waals surface area contributed by atoms with Gasteiger partial charge in [-0.1, -0.05) is 47.7 Å². The fraction of sp³-hybridized carbons (Fsp3) is 0.200. The smallest absolute Gasteiger partial charge is 0.119 e. The van der Waals surface area contributed by atoms with Gasteiger partial charge < -0.3 is 5.11 Å². The third-order valence-electron chi connectivity index (χ3n) is 3.92. The highest BCUT2D eigenvalue weighted by atomic mass is 16.3. The summed E-state index contributed by atoms with van der Waals surface area (Å²) in [6.45, 7) is 0.679. The number of hydrogen-bond donors (Lipinski definition) is 1. The van der Waals surface area contributed by atoms with Gasteiger partial charge in [-0.05, 0) is 11.6 Å². The van der Waals surface area contributed by atoms with Crippen LogP contribution in [-0.4, -0.2) is 20.1 Å². The van der Waals surface area contributed by atoms with Crippen molar-refractivity contribution in [1.82, 2.24) is 15.0 Å². The van der Waals surface area contributed by atoms with Gasteiger partial charge in [0.2, 0.25) is 0 Å². The maximum Gasteiger partial charge on any atom is 0.119 e. The number of aliphatic hydroxyl groups is 1. The summed E-state index contributed by atoms with van der Waals surface area (Å²) < 4.78 is 1.88. The highest BCUT2D eigenvalue weighted by Crippen LogP contribution is 2.40. The lowest BCUT2D eigenvalue weighted by atomic mass is 9.81. The van der Waals surface area contributed by atoms with Crippen molar-refractivity contribution >= 4 is 11.0 Å². The van der Waals surface area contributed by atoms with Gasteiger partial charge >= 0.3 is 0 Å². The second kappa shape index (κ2) is 3.65. The van der Waals surface area contributed by atoms with E-state index in [2.05, 4.69) is 10.3 Å². The van der Waals surface area contributed by atoms with Crippen LogP contribution < -0.4 is 0 Å². The van der Waals surface area contributed by atoms with E-state index in [0.717, 1.165) is 22.2 Å². The summed E-state index contributed by atoms with van der Waals surface area (Å²) >= 11 is 0. The minimum atomic E-state index is -0.946. The van der Waals surface area contributed by atoms with Gasteiger partial charge in [0.15, 0.2) is 0 Å². The topological polar surface area (TPSA) is 50.9 Å². The van der Waals surface area contributed by atoms with Gasteiger partial charge in [0.05, 0.1) is 5.52 Å². The average molecular weight is 251 g/mol. The van der Waals surface area contributed by atoms with E-state index in [1.165, 1.54) is 0 Å². The van der Waals surface area contributed by atoms with Crippen LogP contribution in [0.4, 0.5) is 0 Å². The molecule has 0 saturated heterocycles. The van der Waals surface area contributed by atoms with Crippen LogP contribution in [0.2, 0.25) is 0 Å². The average Bonchev–Trinajstić information content (AvgIpc) is 2.89. The molecular formula is C15H13N3O. The maximum absolute atomic E-state index is 11.2. The number of aryl methyl sites for hydroxylation is 1. The van der Waals surface area contributed by atoms with E-state index in [1.807, 2.05) is 53.2 Å². The molecule has 0 radical (unpaired) electrons. The SMILES string of the molecule is OC1(c2ccccc2)CCn2nnc3cccc1c32. The van der Waals surface area contributed by atoms with Gasteiger partial charge in [0.1, 0.15) is 11.1 Å². The Balaban J connectivity index is 2.03. The fourth-order valence-corrected chi connectivity index (χ4v) is 2.94. The second-order valence-electron chi connectivity index (χ2n) is 4.96. The van der Waals surface area contributed by atoms with E-state index in [4.69, 9.17) is 0 Å². The van der Waals surface area contributed by atoms with Crippen molar-refractivity contribution in [1.29, 1.82) is 0 Å². The van der Waals surface area contributed by atoms with Crippen LogP contribution in [0.25, 0.3) is 11.0 Å². The van der Waals surface area contributed by atoms with Crippen LogP contribution >= 0.6 is 0 Å². The summed E-state index contributed by atoms with van der Waals surface area (Å²) in [4.78, 5) is 0. The van der Waals surface area contributed by atoms with E-state index in [9.17, 15) is 5.11 Å². The first-order valence-electron chi connectivity index (χ1n) is 6.40. The molecule has 1 unspecified atom stereocenters. The largest absolute Gasteiger partial charge is 0.380 e. The molecular weight excluding hydrogens is 238 g/mol. The van der Waals surface area contributed by atoms with E-state index in [-0.39, 0.29) is 0 Å². The van der Waals surface area contributed by atoms with Crippen molar-refractivity contribution in [3.63, 3.8) is 0 Å². The van der Waals surface area contributed by atoms with Crippen molar-refractivity contribution in [3.05, 3.63) is 59.7 Å². The van der Waals surface area contributed by atoms with Crippen LogP contribution in [0.3, 0.4) is 0 Å². The molecule has 0 amide bonds. The molecule has 1 aromatic heterocycles. The Morgan fingerprint density at radius 2 is 1.89 bits per heavy atom. The number of hydrogen-bond acceptors (Lipinski definition) is 3. The highest BCUT2D eigenvalue weighted by Gasteiger charge is 2.37. The molecule has 4 heteroatoms. The number of aromatic nitrogens is 3. The van der Waals surface area contributed by atoms with Crippen molar-refractivity contribution < 1.29 is 5.11 Å². The van der Waals surface area contributed by atoms with Gasteiger partial charge in [-0.15, -0.1) is 5.10 Å². The molecule has 2 heterocycles. The first kappa shape index (κ1) is 10.7. The number of nitrogens with zero attached hydrogens (tertiary/aromatic N) is 3. The maximum atomic E-state index is 11.2. The zero-order valence-electron chi connectivity index (χ0n) is 10.3. The number of benzene rings is 2. The molecule has 4 rings (SSSR count). The van der Waals surface area contributed by atoms with Crippen LogP contribution in [-0.2, 0) is 12.1 Å². The van der Waals surface area contributed by atoms with Crippen molar-refractivity contribution in [3.8, 4) is 0 Å². The lowest BCUT2D eigenvalue weighted by molar-refractivity contribution is 0.0608. The van der Waals surface area contributed by atoms with E-state index in [1.54, 1.807) is 0 Å². The molecule has 94 valence electrons. The zero-order valence-corrected chi connectivity index (χ0v) is 10.3. The third-order valence-corrected chi connectivity index (χ3v) is 3.92. The standard InChI is InChI=1S/C15H13N3O/c19-15(11-5-2-1-3-6-11)9-10-18-14-12(15)7-4-8-13(14)16-17-18/h1-8,19H,9-10H2. The Morgan fingerprint density at radius 3 is 2.74 bits per heavy atom. The predicted molar refractivity (Wildman–Crippen MR) is 71.6 cm³/mol. The molecule has 1 aliphatic rings. The van der Waals surface area contributed by atoms with Gasteiger partial charge in [-0.2, -0.15) is 0 Å². The van der Waals surface area contributed by atoms with Gasteiger partial charge in [0.25, 0.3) is 0 Å². The number of para-hydroxylation sites is 1. The molecule has 0 fully saturated rings. The summed E-state index contributed by atoms with van der Waals surface area (Å²) in [7, 11) is 0.